The molecule has 1 atom stereocenters. The highest BCUT2D eigenvalue weighted by Crippen LogP contribution is 2.20. The van der Waals surface area contributed by atoms with Gasteiger partial charge in [0.1, 0.15) is 22.3 Å². The van der Waals surface area contributed by atoms with Crippen molar-refractivity contribution in [2.24, 2.45) is 0 Å². The van der Waals surface area contributed by atoms with Crippen LogP contribution in [0.3, 0.4) is 0 Å². The van der Waals surface area contributed by atoms with Gasteiger partial charge >= 0.3 is 0 Å². The maximum absolute atomic E-state index is 12.1. The third kappa shape index (κ3) is 3.29. The van der Waals surface area contributed by atoms with Crippen LogP contribution in [-0.2, 0) is 22.1 Å². The quantitative estimate of drug-likeness (QED) is 0.733. The molecule has 21 heavy (non-hydrogen) atoms. The molecule has 6 heteroatoms. The number of ether oxygens (including phenoxy) is 1. The first-order valence-corrected chi connectivity index (χ1v) is 7.70. The van der Waals surface area contributed by atoms with Gasteiger partial charge in [-0.2, -0.15) is 0 Å². The van der Waals surface area contributed by atoms with E-state index in [1.165, 1.54) is 0 Å². The van der Waals surface area contributed by atoms with Crippen molar-refractivity contribution in [3.8, 4) is 0 Å². The van der Waals surface area contributed by atoms with Gasteiger partial charge in [-0.3, -0.25) is 0 Å². The number of rotatable bonds is 5. The number of nitrogens with two attached hydrogens (primary N) is 1. The van der Waals surface area contributed by atoms with Gasteiger partial charge in [-0.05, 0) is 17.7 Å². The number of aromatic nitrogens is 1. The molecular weight excluding hydrogens is 288 g/mol. The summed E-state index contributed by atoms with van der Waals surface area (Å²) in [6, 6.07) is 14.8. The van der Waals surface area contributed by atoms with E-state index in [9.17, 15) is 4.21 Å². The van der Waals surface area contributed by atoms with Gasteiger partial charge in [0, 0.05) is 11.8 Å². The standard InChI is InChI=1S/C15H14N2O3S/c16-12-6-7-13-14(8-12)20-15(17-13)21(18)10-19-9-11-4-2-1-3-5-11/h1-8H,9-10,16H2. The lowest BCUT2D eigenvalue weighted by Crippen LogP contribution is -2.03. The van der Waals surface area contributed by atoms with E-state index in [-0.39, 0.29) is 11.2 Å². The minimum absolute atomic E-state index is 0.0389. The number of fused-ring (bicyclic) bond motifs is 1. The van der Waals surface area contributed by atoms with E-state index in [1.807, 2.05) is 30.3 Å². The van der Waals surface area contributed by atoms with Crippen LogP contribution in [0.1, 0.15) is 5.56 Å². The fourth-order valence-corrected chi connectivity index (χ4v) is 2.60. The molecule has 0 aliphatic rings. The number of anilines is 1. The lowest BCUT2D eigenvalue weighted by Gasteiger charge is -2.02. The normalized spacial score (nSPS) is 12.6. The predicted octanol–water partition coefficient (Wildman–Crippen LogP) is 2.69. The summed E-state index contributed by atoms with van der Waals surface area (Å²) in [5.74, 6) is 0.0389. The summed E-state index contributed by atoms with van der Waals surface area (Å²) in [6.07, 6.45) is 0. The zero-order chi connectivity index (χ0) is 14.7. The van der Waals surface area contributed by atoms with Gasteiger partial charge in [-0.1, -0.05) is 30.3 Å². The minimum atomic E-state index is -1.44. The topological polar surface area (TPSA) is 78.3 Å². The van der Waals surface area contributed by atoms with Crippen molar-refractivity contribution in [1.29, 1.82) is 0 Å². The monoisotopic (exact) mass is 302 g/mol. The Balaban J connectivity index is 1.64. The molecule has 2 N–H and O–H groups in total. The van der Waals surface area contributed by atoms with Gasteiger partial charge in [0.05, 0.1) is 6.61 Å². The van der Waals surface area contributed by atoms with Crippen LogP contribution in [0.15, 0.2) is 58.2 Å². The van der Waals surface area contributed by atoms with Crippen molar-refractivity contribution in [3.63, 3.8) is 0 Å². The highest BCUT2D eigenvalue weighted by Gasteiger charge is 2.13. The lowest BCUT2D eigenvalue weighted by molar-refractivity contribution is 0.165. The van der Waals surface area contributed by atoms with Crippen molar-refractivity contribution < 1.29 is 13.4 Å². The molecule has 0 aliphatic carbocycles. The molecule has 1 unspecified atom stereocenters. The number of nitrogens with zero attached hydrogens (tertiary/aromatic N) is 1. The van der Waals surface area contributed by atoms with E-state index in [0.29, 0.717) is 23.4 Å². The zero-order valence-corrected chi connectivity index (χ0v) is 12.0. The van der Waals surface area contributed by atoms with E-state index in [1.54, 1.807) is 18.2 Å². The van der Waals surface area contributed by atoms with E-state index < -0.39 is 10.8 Å². The second-order valence-electron chi connectivity index (χ2n) is 4.50. The second kappa shape index (κ2) is 6.07. The number of benzene rings is 2. The van der Waals surface area contributed by atoms with Crippen LogP contribution in [0.5, 0.6) is 0 Å². The molecule has 1 aromatic heterocycles. The smallest absolute Gasteiger partial charge is 0.290 e. The minimum Gasteiger partial charge on any atom is -0.429 e. The largest absolute Gasteiger partial charge is 0.429 e. The summed E-state index contributed by atoms with van der Waals surface area (Å²) in [7, 11) is -1.44. The molecule has 2 aromatic carbocycles. The molecule has 0 fully saturated rings. The van der Waals surface area contributed by atoms with E-state index in [4.69, 9.17) is 14.9 Å². The Hall–Kier alpha value is -2.18. The maximum atomic E-state index is 12.1. The van der Waals surface area contributed by atoms with Crippen LogP contribution in [0.25, 0.3) is 11.1 Å². The average molecular weight is 302 g/mol. The Morgan fingerprint density at radius 1 is 1.19 bits per heavy atom. The number of hydrogen-bond acceptors (Lipinski definition) is 5. The van der Waals surface area contributed by atoms with Gasteiger partial charge < -0.3 is 14.9 Å². The van der Waals surface area contributed by atoms with Gasteiger partial charge in [0.25, 0.3) is 5.22 Å². The van der Waals surface area contributed by atoms with Crippen molar-refractivity contribution in [2.75, 3.05) is 11.7 Å². The fraction of sp³-hybridized carbons (Fsp3) is 0.133. The molecule has 0 saturated carbocycles. The Labute approximate surface area is 124 Å². The van der Waals surface area contributed by atoms with Crippen LogP contribution < -0.4 is 5.73 Å². The Kier molecular flexibility index (Phi) is 3.98. The highest BCUT2D eigenvalue weighted by atomic mass is 32.2. The van der Waals surface area contributed by atoms with Gasteiger partial charge in [0.15, 0.2) is 5.58 Å². The predicted molar refractivity (Wildman–Crippen MR) is 80.9 cm³/mol. The molecule has 0 bridgehead atoms. The number of hydrogen-bond donors (Lipinski definition) is 1. The third-order valence-electron chi connectivity index (χ3n) is 2.89. The summed E-state index contributed by atoms with van der Waals surface area (Å²) in [5, 5.41) is 0.156. The summed E-state index contributed by atoms with van der Waals surface area (Å²) in [6.45, 7) is 0.403. The molecule has 0 spiro atoms. The van der Waals surface area contributed by atoms with E-state index in [0.717, 1.165) is 5.56 Å². The van der Waals surface area contributed by atoms with Crippen LogP contribution >= 0.6 is 0 Å². The van der Waals surface area contributed by atoms with Crippen molar-refractivity contribution in [2.45, 2.75) is 11.8 Å². The van der Waals surface area contributed by atoms with Crippen LogP contribution in [0.4, 0.5) is 5.69 Å². The number of nitrogen functional groups attached to an aromatic ring is 1. The molecular formula is C15H14N2O3S. The molecule has 3 rings (SSSR count). The van der Waals surface area contributed by atoms with Crippen molar-refractivity contribution in [1.82, 2.24) is 4.98 Å². The zero-order valence-electron chi connectivity index (χ0n) is 11.2. The van der Waals surface area contributed by atoms with Gasteiger partial charge in [0.2, 0.25) is 0 Å². The van der Waals surface area contributed by atoms with Gasteiger partial charge in [-0.15, -0.1) is 0 Å². The first-order valence-electron chi connectivity index (χ1n) is 6.38. The molecule has 0 radical (unpaired) electrons. The van der Waals surface area contributed by atoms with Crippen LogP contribution in [0.2, 0.25) is 0 Å². The molecule has 0 aliphatic heterocycles. The van der Waals surface area contributed by atoms with Crippen LogP contribution in [0, 0.1) is 0 Å². The molecule has 108 valence electrons. The summed E-state index contributed by atoms with van der Waals surface area (Å²) < 4.78 is 23.0. The lowest BCUT2D eigenvalue weighted by atomic mass is 10.2. The summed E-state index contributed by atoms with van der Waals surface area (Å²) in [5.41, 5.74) is 8.44. The third-order valence-corrected chi connectivity index (χ3v) is 3.83. The van der Waals surface area contributed by atoms with Gasteiger partial charge in [-0.25, -0.2) is 9.19 Å². The second-order valence-corrected chi connectivity index (χ2v) is 5.78. The Morgan fingerprint density at radius 3 is 2.81 bits per heavy atom. The van der Waals surface area contributed by atoms with Crippen LogP contribution in [-0.4, -0.2) is 15.1 Å². The first-order chi connectivity index (χ1) is 10.2. The molecule has 0 amide bonds. The summed E-state index contributed by atoms with van der Waals surface area (Å²) >= 11 is 0. The fourth-order valence-electron chi connectivity index (χ4n) is 1.88. The van der Waals surface area contributed by atoms with E-state index in [2.05, 4.69) is 4.98 Å². The Morgan fingerprint density at radius 2 is 2.00 bits per heavy atom. The molecule has 1 heterocycles. The summed E-state index contributed by atoms with van der Waals surface area (Å²) in [4.78, 5) is 4.18. The molecule has 0 saturated heterocycles. The van der Waals surface area contributed by atoms with Crippen molar-refractivity contribution in [3.05, 3.63) is 54.1 Å². The van der Waals surface area contributed by atoms with Crippen molar-refractivity contribution >= 4 is 27.6 Å². The number of oxazole rings is 1. The average Bonchev–Trinajstić information content (AvgIpc) is 2.91. The Bertz CT molecular complexity index is 771. The highest BCUT2D eigenvalue weighted by molar-refractivity contribution is 7.84. The maximum Gasteiger partial charge on any atom is 0.290 e. The SMILES string of the molecule is Nc1ccc2nc(S(=O)COCc3ccccc3)oc2c1. The molecule has 5 nitrogen and oxygen atoms in total. The first kappa shape index (κ1) is 13.8. The molecule has 3 aromatic rings. The van der Waals surface area contributed by atoms with E-state index >= 15 is 0 Å².